The number of rotatable bonds is 3. The van der Waals surface area contributed by atoms with E-state index in [4.69, 9.17) is 5.11 Å². The first-order chi connectivity index (χ1) is 6.39. The number of hydrogen-bond acceptors (Lipinski definition) is 3. The van der Waals surface area contributed by atoms with Crippen molar-refractivity contribution in [2.45, 2.75) is 39.5 Å². The number of aliphatic carboxylic acids is 1. The average Bonchev–Trinajstić information content (AvgIpc) is 2.47. The van der Waals surface area contributed by atoms with Crippen molar-refractivity contribution in [1.82, 2.24) is 4.98 Å². The molecule has 0 aromatic carbocycles. The highest BCUT2D eigenvalue weighted by atomic mass is 32.1. The van der Waals surface area contributed by atoms with Crippen LogP contribution < -0.4 is 0 Å². The number of nitrogens with zero attached hydrogens (tertiary/aromatic N) is 1. The zero-order valence-corrected chi connectivity index (χ0v) is 9.73. The van der Waals surface area contributed by atoms with Crippen LogP contribution in [0, 0.1) is 6.92 Å². The van der Waals surface area contributed by atoms with Crippen LogP contribution in [-0.4, -0.2) is 16.1 Å². The SMILES string of the molecule is CCc1nc(C(C)(C)C(=O)O)sc1C. The molecule has 0 unspecified atom stereocenters. The highest BCUT2D eigenvalue weighted by Crippen LogP contribution is 2.29. The number of thiazole rings is 1. The topological polar surface area (TPSA) is 50.2 Å². The van der Waals surface area contributed by atoms with Gasteiger partial charge in [0.1, 0.15) is 10.4 Å². The number of carboxylic acids is 1. The second-order valence-electron chi connectivity index (χ2n) is 3.81. The lowest BCUT2D eigenvalue weighted by molar-refractivity contribution is -0.142. The van der Waals surface area contributed by atoms with Crippen LogP contribution in [-0.2, 0) is 16.6 Å². The van der Waals surface area contributed by atoms with Crippen LogP contribution in [0.25, 0.3) is 0 Å². The Hall–Kier alpha value is -0.900. The summed E-state index contributed by atoms with van der Waals surface area (Å²) < 4.78 is 0. The summed E-state index contributed by atoms with van der Waals surface area (Å²) in [4.78, 5) is 16.5. The number of hydrogen-bond donors (Lipinski definition) is 1. The first-order valence-corrected chi connectivity index (χ1v) is 5.41. The smallest absolute Gasteiger partial charge is 0.316 e. The van der Waals surface area contributed by atoms with Crippen LogP contribution >= 0.6 is 11.3 Å². The molecule has 0 fully saturated rings. The van der Waals surface area contributed by atoms with Gasteiger partial charge in [-0.3, -0.25) is 4.79 Å². The maximum Gasteiger partial charge on any atom is 0.316 e. The Kier molecular flexibility index (Phi) is 2.95. The van der Waals surface area contributed by atoms with Crippen molar-refractivity contribution in [3.63, 3.8) is 0 Å². The molecule has 78 valence electrons. The minimum absolute atomic E-state index is 0.694. The Balaban J connectivity index is 3.14. The molecule has 0 aliphatic rings. The molecule has 0 aliphatic carbocycles. The van der Waals surface area contributed by atoms with Gasteiger partial charge in [-0.2, -0.15) is 0 Å². The van der Waals surface area contributed by atoms with E-state index >= 15 is 0 Å². The Morgan fingerprint density at radius 3 is 2.50 bits per heavy atom. The molecule has 1 N–H and O–H groups in total. The quantitative estimate of drug-likeness (QED) is 0.838. The number of aromatic nitrogens is 1. The molecule has 0 aliphatic heterocycles. The molecule has 3 nitrogen and oxygen atoms in total. The lowest BCUT2D eigenvalue weighted by Crippen LogP contribution is -2.28. The fourth-order valence-electron chi connectivity index (χ4n) is 1.11. The molecule has 4 heteroatoms. The van der Waals surface area contributed by atoms with E-state index in [1.54, 1.807) is 13.8 Å². The van der Waals surface area contributed by atoms with Gasteiger partial charge in [0.05, 0.1) is 5.69 Å². The van der Waals surface area contributed by atoms with E-state index in [0.717, 1.165) is 17.0 Å². The number of carbonyl (C=O) groups is 1. The third-order valence-electron chi connectivity index (χ3n) is 2.30. The van der Waals surface area contributed by atoms with Crippen LogP contribution in [0.5, 0.6) is 0 Å². The van der Waals surface area contributed by atoms with Gasteiger partial charge in [0, 0.05) is 4.88 Å². The average molecular weight is 213 g/mol. The fraction of sp³-hybridized carbons (Fsp3) is 0.600. The molecule has 1 aromatic heterocycles. The molecule has 0 amide bonds. The van der Waals surface area contributed by atoms with E-state index < -0.39 is 11.4 Å². The van der Waals surface area contributed by atoms with E-state index in [-0.39, 0.29) is 0 Å². The van der Waals surface area contributed by atoms with Gasteiger partial charge >= 0.3 is 5.97 Å². The summed E-state index contributed by atoms with van der Waals surface area (Å²) in [5.74, 6) is -0.825. The van der Waals surface area contributed by atoms with Crippen molar-refractivity contribution < 1.29 is 9.90 Å². The van der Waals surface area contributed by atoms with Crippen molar-refractivity contribution in [3.8, 4) is 0 Å². The van der Waals surface area contributed by atoms with E-state index in [0.29, 0.717) is 5.01 Å². The molecule has 0 spiro atoms. The monoisotopic (exact) mass is 213 g/mol. The molecule has 1 heterocycles. The largest absolute Gasteiger partial charge is 0.481 e. The zero-order valence-electron chi connectivity index (χ0n) is 8.92. The second-order valence-corrected chi connectivity index (χ2v) is 5.01. The molecule has 1 rings (SSSR count). The van der Waals surface area contributed by atoms with Gasteiger partial charge in [0.15, 0.2) is 0 Å². The molecule has 1 aromatic rings. The van der Waals surface area contributed by atoms with Gasteiger partial charge < -0.3 is 5.11 Å². The third kappa shape index (κ3) is 1.80. The van der Waals surface area contributed by atoms with Gasteiger partial charge in [-0.05, 0) is 27.2 Å². The Morgan fingerprint density at radius 2 is 2.14 bits per heavy atom. The molecule has 0 atom stereocenters. The summed E-state index contributed by atoms with van der Waals surface area (Å²) >= 11 is 1.48. The highest BCUT2D eigenvalue weighted by molar-refractivity contribution is 7.12. The molecular weight excluding hydrogens is 198 g/mol. The van der Waals surface area contributed by atoms with Crippen LogP contribution in [0.3, 0.4) is 0 Å². The lowest BCUT2D eigenvalue weighted by atomic mass is 9.95. The van der Waals surface area contributed by atoms with Crippen LogP contribution in [0.15, 0.2) is 0 Å². The maximum absolute atomic E-state index is 11.0. The van der Waals surface area contributed by atoms with Crippen molar-refractivity contribution in [3.05, 3.63) is 15.6 Å². The summed E-state index contributed by atoms with van der Waals surface area (Å²) in [7, 11) is 0. The summed E-state index contributed by atoms with van der Waals surface area (Å²) in [6.07, 6.45) is 0.859. The minimum atomic E-state index is -0.872. The van der Waals surface area contributed by atoms with Crippen LogP contribution in [0.1, 0.15) is 36.3 Å². The highest BCUT2D eigenvalue weighted by Gasteiger charge is 2.33. The Morgan fingerprint density at radius 1 is 1.57 bits per heavy atom. The third-order valence-corrected chi connectivity index (χ3v) is 3.63. The molecule has 0 saturated carbocycles. The van der Waals surface area contributed by atoms with Crippen molar-refractivity contribution in [1.29, 1.82) is 0 Å². The van der Waals surface area contributed by atoms with E-state index in [1.807, 2.05) is 13.8 Å². The number of carboxylic acid groups (broad SMARTS) is 1. The predicted octanol–water partition coefficient (Wildman–Crippen LogP) is 2.38. The standard InChI is InChI=1S/C10H15NO2S/c1-5-7-6(2)14-8(11-7)10(3,4)9(12)13/h5H2,1-4H3,(H,12,13). The normalized spacial score (nSPS) is 11.7. The zero-order chi connectivity index (χ0) is 10.9. The summed E-state index contributed by atoms with van der Waals surface area (Å²) in [6.45, 7) is 7.39. The van der Waals surface area contributed by atoms with Gasteiger partial charge in [0.25, 0.3) is 0 Å². The van der Waals surface area contributed by atoms with E-state index in [2.05, 4.69) is 4.98 Å². The molecule has 0 saturated heterocycles. The minimum Gasteiger partial charge on any atom is -0.481 e. The van der Waals surface area contributed by atoms with Crippen molar-refractivity contribution in [2.75, 3.05) is 0 Å². The molecule has 14 heavy (non-hydrogen) atoms. The Bertz CT molecular complexity index is 355. The molecular formula is C10H15NO2S. The number of aryl methyl sites for hydroxylation is 2. The predicted molar refractivity (Wildman–Crippen MR) is 56.9 cm³/mol. The molecule has 0 bridgehead atoms. The van der Waals surface area contributed by atoms with Gasteiger partial charge in [-0.25, -0.2) is 4.98 Å². The van der Waals surface area contributed by atoms with Gasteiger partial charge in [-0.15, -0.1) is 11.3 Å². The van der Waals surface area contributed by atoms with Crippen molar-refractivity contribution in [2.24, 2.45) is 0 Å². The first-order valence-electron chi connectivity index (χ1n) is 4.59. The first kappa shape index (κ1) is 11.2. The van der Waals surface area contributed by atoms with E-state index in [9.17, 15) is 4.79 Å². The maximum atomic E-state index is 11.0. The van der Waals surface area contributed by atoms with Gasteiger partial charge in [-0.1, -0.05) is 6.92 Å². The van der Waals surface area contributed by atoms with Crippen LogP contribution in [0.2, 0.25) is 0 Å². The fourth-order valence-corrected chi connectivity index (χ4v) is 2.21. The summed E-state index contributed by atoms with van der Waals surface area (Å²) in [5.41, 5.74) is 0.141. The Labute approximate surface area is 87.8 Å². The summed E-state index contributed by atoms with van der Waals surface area (Å²) in [6, 6.07) is 0. The second kappa shape index (κ2) is 3.69. The summed E-state index contributed by atoms with van der Waals surface area (Å²) in [5, 5.41) is 9.73. The van der Waals surface area contributed by atoms with E-state index in [1.165, 1.54) is 11.3 Å². The van der Waals surface area contributed by atoms with Crippen LogP contribution in [0.4, 0.5) is 0 Å². The molecule has 0 radical (unpaired) electrons. The lowest BCUT2D eigenvalue weighted by Gasteiger charge is -2.14. The van der Waals surface area contributed by atoms with Gasteiger partial charge in [0.2, 0.25) is 0 Å². The van der Waals surface area contributed by atoms with Crippen molar-refractivity contribution >= 4 is 17.3 Å².